The normalized spacial score (nSPS) is 21.8. The third-order valence-electron chi connectivity index (χ3n) is 2.92. The number of hydrogen-bond donors (Lipinski definition) is 0. The second-order valence-corrected chi connectivity index (χ2v) is 4.73. The van der Waals surface area contributed by atoms with Gasteiger partial charge < -0.3 is 14.4 Å². The fourth-order valence-corrected chi connectivity index (χ4v) is 1.99. The van der Waals surface area contributed by atoms with E-state index in [1.54, 1.807) is 0 Å². The zero-order chi connectivity index (χ0) is 12.7. The highest BCUT2D eigenvalue weighted by Gasteiger charge is 2.22. The van der Waals surface area contributed by atoms with E-state index in [4.69, 9.17) is 4.74 Å². The fourth-order valence-electron chi connectivity index (χ4n) is 1.99. The minimum atomic E-state index is -0.190. The molecule has 1 rings (SSSR count). The lowest BCUT2D eigenvalue weighted by Crippen LogP contribution is -2.44. The summed E-state index contributed by atoms with van der Waals surface area (Å²) in [5.41, 5.74) is 0. The van der Waals surface area contributed by atoms with Gasteiger partial charge in [-0.2, -0.15) is 0 Å². The molecule has 0 radical (unpaired) electrons. The Labute approximate surface area is 104 Å². The summed E-state index contributed by atoms with van der Waals surface area (Å²) in [5, 5.41) is 0. The van der Waals surface area contributed by atoms with Gasteiger partial charge in [0.2, 0.25) is 0 Å². The predicted octanol–water partition coefficient (Wildman–Crippen LogP) is 0.202. The summed E-state index contributed by atoms with van der Waals surface area (Å²) in [6.45, 7) is 4.68. The lowest BCUT2D eigenvalue weighted by molar-refractivity contribution is -0.145. The molecule has 0 aromatic heterocycles. The second kappa shape index (κ2) is 7.63. The van der Waals surface area contributed by atoms with Crippen LogP contribution in [0.25, 0.3) is 0 Å². The van der Waals surface area contributed by atoms with Gasteiger partial charge in [-0.1, -0.05) is 0 Å². The topological polar surface area (TPSA) is 42.0 Å². The molecule has 0 saturated carbocycles. The monoisotopic (exact) mass is 244 g/mol. The number of morpholine rings is 1. The summed E-state index contributed by atoms with van der Waals surface area (Å²) < 4.78 is 10.2. The molecule has 1 atom stereocenters. The Morgan fingerprint density at radius 1 is 1.53 bits per heavy atom. The van der Waals surface area contributed by atoms with Crippen LogP contribution >= 0.6 is 0 Å². The van der Waals surface area contributed by atoms with E-state index < -0.39 is 0 Å². The highest BCUT2D eigenvalue weighted by molar-refractivity contribution is 5.69. The van der Waals surface area contributed by atoms with Gasteiger partial charge >= 0.3 is 5.97 Å². The van der Waals surface area contributed by atoms with Crippen molar-refractivity contribution < 1.29 is 14.3 Å². The summed E-state index contributed by atoms with van der Waals surface area (Å²) in [5.74, 6) is -0.190. The molecule has 5 heteroatoms. The van der Waals surface area contributed by atoms with Gasteiger partial charge in [0, 0.05) is 13.1 Å². The molecule has 1 aliphatic heterocycles. The summed E-state index contributed by atoms with van der Waals surface area (Å²) >= 11 is 0. The highest BCUT2D eigenvalue weighted by atomic mass is 16.5. The Balaban J connectivity index is 2.21. The molecule has 1 heterocycles. The van der Waals surface area contributed by atoms with E-state index in [0.29, 0.717) is 13.0 Å². The molecule has 0 aromatic rings. The first-order valence-corrected chi connectivity index (χ1v) is 6.17. The van der Waals surface area contributed by atoms with Crippen LogP contribution in [-0.2, 0) is 14.3 Å². The zero-order valence-corrected chi connectivity index (χ0v) is 11.1. The smallest absolute Gasteiger partial charge is 0.308 e. The van der Waals surface area contributed by atoms with E-state index in [9.17, 15) is 4.79 Å². The molecule has 17 heavy (non-hydrogen) atoms. The molecule has 0 amide bonds. The van der Waals surface area contributed by atoms with Crippen LogP contribution in [0.2, 0.25) is 0 Å². The van der Waals surface area contributed by atoms with Gasteiger partial charge in [-0.25, -0.2) is 0 Å². The number of methoxy groups -OCH3 is 1. The van der Waals surface area contributed by atoms with Gasteiger partial charge in [0.15, 0.2) is 0 Å². The van der Waals surface area contributed by atoms with Crippen LogP contribution < -0.4 is 0 Å². The molecule has 1 aliphatic rings. The van der Waals surface area contributed by atoms with Crippen molar-refractivity contribution in [1.29, 1.82) is 0 Å². The van der Waals surface area contributed by atoms with Crippen molar-refractivity contribution in [2.45, 2.75) is 18.9 Å². The number of nitrogens with zero attached hydrogens (tertiary/aromatic N) is 2. The summed E-state index contributed by atoms with van der Waals surface area (Å²) in [4.78, 5) is 15.7. The summed E-state index contributed by atoms with van der Waals surface area (Å²) in [7, 11) is 5.58. The number of carbonyl (C=O) groups excluding carboxylic acids is 1. The van der Waals surface area contributed by atoms with Gasteiger partial charge in [0.05, 0.1) is 26.2 Å². The Kier molecular flexibility index (Phi) is 6.47. The molecule has 100 valence electrons. The molecule has 0 aliphatic carbocycles. The van der Waals surface area contributed by atoms with E-state index in [0.717, 1.165) is 32.6 Å². The first-order chi connectivity index (χ1) is 8.11. The molecule has 0 spiro atoms. The third-order valence-corrected chi connectivity index (χ3v) is 2.92. The molecular formula is C12H24N2O3. The molecule has 5 nitrogen and oxygen atoms in total. The van der Waals surface area contributed by atoms with Crippen LogP contribution in [0.5, 0.6) is 0 Å². The molecule has 0 aromatic carbocycles. The van der Waals surface area contributed by atoms with Crippen molar-refractivity contribution in [3.63, 3.8) is 0 Å². The maximum Gasteiger partial charge on any atom is 0.308 e. The second-order valence-electron chi connectivity index (χ2n) is 4.73. The minimum Gasteiger partial charge on any atom is -0.469 e. The maximum absolute atomic E-state index is 11.2. The highest BCUT2D eigenvalue weighted by Crippen LogP contribution is 2.09. The summed E-state index contributed by atoms with van der Waals surface area (Å²) in [6, 6.07) is 0. The molecule has 0 bridgehead atoms. The van der Waals surface area contributed by atoms with E-state index in [2.05, 4.69) is 28.6 Å². The Hall–Kier alpha value is -0.650. The zero-order valence-electron chi connectivity index (χ0n) is 11.1. The van der Waals surface area contributed by atoms with Gasteiger partial charge in [-0.05, 0) is 33.6 Å². The quantitative estimate of drug-likeness (QED) is 0.625. The van der Waals surface area contributed by atoms with E-state index in [1.807, 2.05) is 0 Å². The van der Waals surface area contributed by atoms with E-state index in [-0.39, 0.29) is 12.1 Å². The van der Waals surface area contributed by atoms with Crippen molar-refractivity contribution in [2.75, 3.05) is 54.0 Å². The van der Waals surface area contributed by atoms with Crippen molar-refractivity contribution in [3.05, 3.63) is 0 Å². The third kappa shape index (κ3) is 6.00. The van der Waals surface area contributed by atoms with E-state index >= 15 is 0 Å². The fraction of sp³-hybridized carbons (Fsp3) is 0.917. The first-order valence-electron chi connectivity index (χ1n) is 6.17. The molecule has 0 N–H and O–H groups in total. The average molecular weight is 244 g/mol. The Morgan fingerprint density at radius 2 is 2.29 bits per heavy atom. The van der Waals surface area contributed by atoms with Crippen LogP contribution in [0, 0.1) is 0 Å². The number of ether oxygens (including phenoxy) is 2. The van der Waals surface area contributed by atoms with Gasteiger partial charge in [0.1, 0.15) is 0 Å². The SMILES string of the molecule is COC(=O)CC1CN(CCCN(C)C)CCO1. The molecular weight excluding hydrogens is 220 g/mol. The van der Waals surface area contributed by atoms with Crippen LogP contribution in [-0.4, -0.2) is 75.9 Å². The maximum atomic E-state index is 11.2. The van der Waals surface area contributed by atoms with E-state index in [1.165, 1.54) is 7.11 Å². The van der Waals surface area contributed by atoms with Gasteiger partial charge in [0.25, 0.3) is 0 Å². The Morgan fingerprint density at radius 3 is 2.94 bits per heavy atom. The molecule has 1 unspecified atom stereocenters. The van der Waals surface area contributed by atoms with Crippen molar-refractivity contribution in [2.24, 2.45) is 0 Å². The van der Waals surface area contributed by atoms with Crippen LogP contribution in [0.1, 0.15) is 12.8 Å². The standard InChI is InChI=1S/C12H24N2O3/c1-13(2)5-4-6-14-7-8-17-11(10-14)9-12(15)16-3/h11H,4-10H2,1-3H3. The number of rotatable bonds is 6. The number of carbonyl (C=O) groups is 1. The Bertz CT molecular complexity index is 234. The summed E-state index contributed by atoms with van der Waals surface area (Å²) in [6.07, 6.45) is 1.51. The van der Waals surface area contributed by atoms with Crippen molar-refractivity contribution in [1.82, 2.24) is 9.80 Å². The minimum absolute atomic E-state index is 0.00411. The van der Waals surface area contributed by atoms with Gasteiger partial charge in [-0.3, -0.25) is 9.69 Å². The van der Waals surface area contributed by atoms with Crippen LogP contribution in [0.15, 0.2) is 0 Å². The van der Waals surface area contributed by atoms with Crippen LogP contribution in [0.4, 0.5) is 0 Å². The predicted molar refractivity (Wildman–Crippen MR) is 66.0 cm³/mol. The lowest BCUT2D eigenvalue weighted by Gasteiger charge is -2.32. The van der Waals surface area contributed by atoms with Gasteiger partial charge in [-0.15, -0.1) is 0 Å². The van der Waals surface area contributed by atoms with Crippen LogP contribution in [0.3, 0.4) is 0 Å². The number of hydrogen-bond acceptors (Lipinski definition) is 5. The molecule has 1 saturated heterocycles. The first kappa shape index (κ1) is 14.4. The van der Waals surface area contributed by atoms with Crippen molar-refractivity contribution in [3.8, 4) is 0 Å². The lowest BCUT2D eigenvalue weighted by atomic mass is 10.2. The largest absolute Gasteiger partial charge is 0.469 e. The van der Waals surface area contributed by atoms with Crippen molar-refractivity contribution >= 4 is 5.97 Å². The number of esters is 1. The average Bonchev–Trinajstić information content (AvgIpc) is 2.29. The molecule has 1 fully saturated rings.